The molecule has 0 aliphatic carbocycles. The van der Waals surface area contributed by atoms with E-state index in [1.165, 1.54) is 17.7 Å². The molecule has 0 radical (unpaired) electrons. The summed E-state index contributed by atoms with van der Waals surface area (Å²) in [5, 5.41) is 10.7. The van der Waals surface area contributed by atoms with Crippen LogP contribution in [0.4, 0.5) is 0 Å². The largest absolute Gasteiger partial charge is 0.320 e. The predicted molar refractivity (Wildman–Crippen MR) is 76.7 cm³/mol. The number of sulfonamides is 1. The normalized spacial score (nSPS) is 11.9. The van der Waals surface area contributed by atoms with Gasteiger partial charge in [0.2, 0.25) is 10.0 Å². The van der Waals surface area contributed by atoms with E-state index in [4.69, 9.17) is 0 Å². The maximum atomic E-state index is 12.1. The van der Waals surface area contributed by atoms with Crippen LogP contribution in [0.15, 0.2) is 22.7 Å². The molecular formula is C11H17N5O2S2. The van der Waals surface area contributed by atoms with E-state index in [9.17, 15) is 8.42 Å². The Hall–Kier alpha value is -1.29. The average molecular weight is 315 g/mol. The molecule has 20 heavy (non-hydrogen) atoms. The number of nitrogens with zero attached hydrogens (tertiary/aromatic N) is 3. The number of hydrogen-bond acceptors (Lipinski definition) is 6. The fourth-order valence-corrected chi connectivity index (χ4v) is 3.89. The smallest absolute Gasteiger partial charge is 0.250 e. The molecule has 0 atom stereocenters. The van der Waals surface area contributed by atoms with Crippen molar-refractivity contribution in [1.82, 2.24) is 24.8 Å². The van der Waals surface area contributed by atoms with E-state index >= 15 is 0 Å². The number of hydrogen-bond donors (Lipinski definition) is 2. The van der Waals surface area contributed by atoms with Crippen molar-refractivity contribution in [3.05, 3.63) is 29.2 Å². The van der Waals surface area contributed by atoms with Gasteiger partial charge in [-0.25, -0.2) is 13.1 Å². The van der Waals surface area contributed by atoms with Crippen molar-refractivity contribution in [3.8, 4) is 0 Å². The van der Waals surface area contributed by atoms with Gasteiger partial charge in [-0.1, -0.05) is 6.92 Å². The molecule has 2 aromatic rings. The van der Waals surface area contributed by atoms with Gasteiger partial charge in [0.05, 0.1) is 6.54 Å². The number of thiophene rings is 1. The highest BCUT2D eigenvalue weighted by Gasteiger charge is 2.17. The summed E-state index contributed by atoms with van der Waals surface area (Å²) >= 11 is 1.27. The van der Waals surface area contributed by atoms with Crippen molar-refractivity contribution < 1.29 is 8.42 Å². The van der Waals surface area contributed by atoms with Crippen LogP contribution in [0.3, 0.4) is 0 Å². The van der Waals surface area contributed by atoms with Gasteiger partial charge in [0.25, 0.3) is 0 Å². The van der Waals surface area contributed by atoms with E-state index in [1.54, 1.807) is 17.7 Å². The minimum atomic E-state index is -3.50. The summed E-state index contributed by atoms with van der Waals surface area (Å²) in [6, 6.07) is 3.44. The van der Waals surface area contributed by atoms with Crippen molar-refractivity contribution in [2.24, 2.45) is 7.05 Å². The van der Waals surface area contributed by atoms with Gasteiger partial charge in [0.15, 0.2) is 0 Å². The molecule has 2 heterocycles. The lowest BCUT2D eigenvalue weighted by molar-refractivity contribution is 0.579. The number of aromatic nitrogens is 3. The number of nitrogens with one attached hydrogen (secondary N) is 2. The van der Waals surface area contributed by atoms with Crippen molar-refractivity contribution in [2.45, 2.75) is 24.2 Å². The molecule has 0 fully saturated rings. The first-order valence-electron chi connectivity index (χ1n) is 6.15. The van der Waals surface area contributed by atoms with Gasteiger partial charge < -0.3 is 9.88 Å². The second-order valence-corrected chi connectivity index (χ2v) is 7.35. The van der Waals surface area contributed by atoms with Crippen LogP contribution in [-0.4, -0.2) is 29.7 Å². The van der Waals surface area contributed by atoms with E-state index in [-0.39, 0.29) is 6.54 Å². The predicted octanol–water partition coefficient (Wildman–Crippen LogP) is 0.465. The van der Waals surface area contributed by atoms with E-state index in [2.05, 4.69) is 20.2 Å². The summed E-state index contributed by atoms with van der Waals surface area (Å²) in [4.78, 5) is 0.992. The number of rotatable bonds is 7. The zero-order valence-electron chi connectivity index (χ0n) is 11.3. The Morgan fingerprint density at radius 3 is 2.80 bits per heavy atom. The fraction of sp³-hybridized carbons (Fsp3) is 0.455. The van der Waals surface area contributed by atoms with Crippen molar-refractivity contribution in [1.29, 1.82) is 0 Å². The third kappa shape index (κ3) is 3.63. The zero-order valence-corrected chi connectivity index (χ0v) is 13.0. The maximum absolute atomic E-state index is 12.1. The molecule has 9 heteroatoms. The molecule has 0 saturated carbocycles. The Morgan fingerprint density at radius 1 is 1.35 bits per heavy atom. The minimum absolute atomic E-state index is 0.124. The lowest BCUT2D eigenvalue weighted by Crippen LogP contribution is -2.24. The first-order valence-corrected chi connectivity index (χ1v) is 8.45. The molecule has 0 spiro atoms. The molecule has 0 unspecified atom stereocenters. The summed E-state index contributed by atoms with van der Waals surface area (Å²) in [7, 11) is -1.73. The minimum Gasteiger partial charge on any atom is -0.320 e. The van der Waals surface area contributed by atoms with Crippen LogP contribution in [0.2, 0.25) is 0 Å². The molecule has 0 aliphatic heterocycles. The summed E-state index contributed by atoms with van der Waals surface area (Å²) in [5.74, 6) is 0.568. The van der Waals surface area contributed by atoms with Crippen LogP contribution in [-0.2, 0) is 30.2 Å². The third-order valence-corrected chi connectivity index (χ3v) is 5.65. The SMILES string of the molecule is CCNCc1ccc(S(=O)(=O)NCc2nncn2C)s1. The molecule has 2 rings (SSSR count). The highest BCUT2D eigenvalue weighted by molar-refractivity contribution is 7.91. The molecule has 110 valence electrons. The quantitative estimate of drug-likeness (QED) is 0.775. The Kier molecular flexibility index (Phi) is 4.86. The maximum Gasteiger partial charge on any atom is 0.250 e. The molecule has 0 amide bonds. The van der Waals surface area contributed by atoms with E-state index in [1.807, 2.05) is 13.0 Å². The van der Waals surface area contributed by atoms with Crippen LogP contribution in [0, 0.1) is 0 Å². The van der Waals surface area contributed by atoms with Gasteiger partial charge >= 0.3 is 0 Å². The van der Waals surface area contributed by atoms with Crippen molar-refractivity contribution in [2.75, 3.05) is 6.54 Å². The van der Waals surface area contributed by atoms with Gasteiger partial charge in [-0.3, -0.25) is 0 Å². The van der Waals surface area contributed by atoms with Gasteiger partial charge in [-0.15, -0.1) is 21.5 Å². The second-order valence-electron chi connectivity index (χ2n) is 4.18. The molecule has 2 N–H and O–H groups in total. The summed E-state index contributed by atoms with van der Waals surface area (Å²) < 4.78 is 28.8. The average Bonchev–Trinajstić information content (AvgIpc) is 3.03. The van der Waals surface area contributed by atoms with Gasteiger partial charge in [0, 0.05) is 18.5 Å². The first-order chi connectivity index (χ1) is 9.53. The van der Waals surface area contributed by atoms with Gasteiger partial charge in [-0.05, 0) is 18.7 Å². The van der Waals surface area contributed by atoms with E-state index in [0.29, 0.717) is 16.6 Å². The van der Waals surface area contributed by atoms with Crippen LogP contribution in [0.25, 0.3) is 0 Å². The van der Waals surface area contributed by atoms with Gasteiger partial charge in [0.1, 0.15) is 16.4 Å². The molecule has 2 aromatic heterocycles. The molecule has 0 saturated heterocycles. The Balaban J connectivity index is 2.03. The van der Waals surface area contributed by atoms with Crippen LogP contribution >= 0.6 is 11.3 Å². The Bertz CT molecular complexity index is 662. The first kappa shape index (κ1) is 15.1. The molecule has 0 aromatic carbocycles. The molecule has 0 bridgehead atoms. The topological polar surface area (TPSA) is 88.9 Å². The number of aryl methyl sites for hydroxylation is 1. The fourth-order valence-electron chi connectivity index (χ4n) is 1.54. The second kappa shape index (κ2) is 6.44. The monoisotopic (exact) mass is 315 g/mol. The Labute approximate surface area is 122 Å². The van der Waals surface area contributed by atoms with E-state index < -0.39 is 10.0 Å². The summed E-state index contributed by atoms with van der Waals surface area (Å²) in [6.07, 6.45) is 1.53. The molecular weight excluding hydrogens is 298 g/mol. The molecule has 0 aliphatic rings. The summed E-state index contributed by atoms with van der Waals surface area (Å²) in [6.45, 7) is 3.66. The van der Waals surface area contributed by atoms with Crippen molar-refractivity contribution >= 4 is 21.4 Å². The van der Waals surface area contributed by atoms with Crippen LogP contribution in [0.5, 0.6) is 0 Å². The van der Waals surface area contributed by atoms with Crippen molar-refractivity contribution in [3.63, 3.8) is 0 Å². The van der Waals surface area contributed by atoms with Crippen LogP contribution in [0.1, 0.15) is 17.6 Å². The third-order valence-electron chi connectivity index (χ3n) is 2.68. The lowest BCUT2D eigenvalue weighted by atomic mass is 10.4. The van der Waals surface area contributed by atoms with Crippen LogP contribution < -0.4 is 10.0 Å². The highest BCUT2D eigenvalue weighted by atomic mass is 32.2. The standard InChI is InChI=1S/C11H17N5O2S2/c1-3-12-6-9-4-5-11(19-9)20(17,18)14-7-10-15-13-8-16(10)2/h4-5,8,12,14H,3,6-7H2,1-2H3. The van der Waals surface area contributed by atoms with E-state index in [0.717, 1.165) is 11.4 Å². The highest BCUT2D eigenvalue weighted by Crippen LogP contribution is 2.21. The zero-order chi connectivity index (χ0) is 14.6. The van der Waals surface area contributed by atoms with Gasteiger partial charge in [-0.2, -0.15) is 0 Å². The molecule has 7 nitrogen and oxygen atoms in total. The lowest BCUT2D eigenvalue weighted by Gasteiger charge is -2.04. The summed E-state index contributed by atoms with van der Waals surface area (Å²) in [5.41, 5.74) is 0. The Morgan fingerprint density at radius 2 is 2.15 bits per heavy atom.